The van der Waals surface area contributed by atoms with Crippen molar-refractivity contribution < 1.29 is 9.53 Å². The van der Waals surface area contributed by atoms with Gasteiger partial charge < -0.3 is 14.2 Å². The number of ether oxygens (including phenoxy) is 1. The van der Waals surface area contributed by atoms with E-state index < -0.39 is 0 Å². The first-order chi connectivity index (χ1) is 12.1. The molecule has 0 aliphatic carbocycles. The summed E-state index contributed by atoms with van der Waals surface area (Å²) in [6, 6.07) is 3.60. The lowest BCUT2D eigenvalue weighted by atomic mass is 10.1. The van der Waals surface area contributed by atoms with Crippen molar-refractivity contribution in [3.8, 4) is 6.01 Å². The summed E-state index contributed by atoms with van der Waals surface area (Å²) in [4.78, 5) is 34.9. The molecule has 25 heavy (non-hydrogen) atoms. The minimum Gasteiger partial charge on any atom is -0.458 e. The lowest BCUT2D eigenvalue weighted by Crippen LogP contribution is -2.46. The van der Waals surface area contributed by atoms with Crippen LogP contribution in [0.3, 0.4) is 0 Å². The molecule has 2 aromatic heterocycles. The Labute approximate surface area is 146 Å². The number of nitrogens with zero attached hydrogens (tertiary/aromatic N) is 4. The van der Waals surface area contributed by atoms with Gasteiger partial charge in [0.15, 0.2) is 0 Å². The Morgan fingerprint density at radius 3 is 2.84 bits per heavy atom. The molecule has 0 saturated carbocycles. The molecular formula is C18H22N4O3. The molecule has 0 bridgehead atoms. The first kappa shape index (κ1) is 17.1. The predicted octanol–water partition coefficient (Wildman–Crippen LogP) is 1.42. The van der Waals surface area contributed by atoms with E-state index in [0.717, 1.165) is 24.8 Å². The summed E-state index contributed by atoms with van der Waals surface area (Å²) >= 11 is 0. The standard InChI is InChI=1S/C18H22N4O3/c1-3-13-10-19-18(20-11-13)25-14-6-4-9-22(12-14)17(24)15-7-5-8-21(2)16(15)23/h5,7-8,10-11,14H,3-4,6,9,12H2,1-2H3. The maximum absolute atomic E-state index is 12.7. The second kappa shape index (κ2) is 7.46. The van der Waals surface area contributed by atoms with Crippen LogP contribution in [-0.4, -0.2) is 44.5 Å². The molecular weight excluding hydrogens is 320 g/mol. The molecule has 1 atom stereocenters. The summed E-state index contributed by atoms with van der Waals surface area (Å²) in [5, 5.41) is 0. The third-order valence-corrected chi connectivity index (χ3v) is 4.38. The van der Waals surface area contributed by atoms with E-state index in [9.17, 15) is 9.59 Å². The van der Waals surface area contributed by atoms with E-state index in [-0.39, 0.29) is 23.1 Å². The van der Waals surface area contributed by atoms with Gasteiger partial charge in [-0.05, 0) is 37.0 Å². The van der Waals surface area contributed by atoms with Gasteiger partial charge in [0.05, 0.1) is 6.54 Å². The Morgan fingerprint density at radius 1 is 1.36 bits per heavy atom. The predicted molar refractivity (Wildman–Crippen MR) is 92.6 cm³/mol. The van der Waals surface area contributed by atoms with Crippen LogP contribution in [0.4, 0.5) is 0 Å². The van der Waals surface area contributed by atoms with Gasteiger partial charge in [-0.2, -0.15) is 0 Å². The van der Waals surface area contributed by atoms with E-state index >= 15 is 0 Å². The van der Waals surface area contributed by atoms with Crippen molar-refractivity contribution in [1.82, 2.24) is 19.4 Å². The number of hydrogen-bond donors (Lipinski definition) is 0. The molecule has 1 amide bonds. The minimum atomic E-state index is -0.283. The smallest absolute Gasteiger partial charge is 0.316 e. The molecule has 7 nitrogen and oxygen atoms in total. The Morgan fingerprint density at radius 2 is 2.12 bits per heavy atom. The number of aryl methyl sites for hydroxylation is 2. The molecule has 1 aliphatic heterocycles. The SMILES string of the molecule is CCc1cnc(OC2CCCN(C(=O)c3cccn(C)c3=O)C2)nc1. The molecule has 0 N–H and O–H groups in total. The van der Waals surface area contributed by atoms with Gasteiger partial charge in [0.2, 0.25) is 0 Å². The van der Waals surface area contributed by atoms with E-state index in [1.165, 1.54) is 4.57 Å². The van der Waals surface area contributed by atoms with Crippen LogP contribution >= 0.6 is 0 Å². The summed E-state index contributed by atoms with van der Waals surface area (Å²) in [6.45, 7) is 3.08. The fourth-order valence-electron chi connectivity index (χ4n) is 2.88. The van der Waals surface area contributed by atoms with Crippen molar-refractivity contribution in [1.29, 1.82) is 0 Å². The van der Waals surface area contributed by atoms with Gasteiger partial charge in [-0.25, -0.2) is 9.97 Å². The third-order valence-electron chi connectivity index (χ3n) is 4.38. The van der Waals surface area contributed by atoms with Gasteiger partial charge in [-0.15, -0.1) is 0 Å². The second-order valence-electron chi connectivity index (χ2n) is 6.20. The topological polar surface area (TPSA) is 77.3 Å². The van der Waals surface area contributed by atoms with E-state index in [4.69, 9.17) is 4.74 Å². The lowest BCUT2D eigenvalue weighted by molar-refractivity contribution is 0.0513. The fraction of sp³-hybridized carbons (Fsp3) is 0.444. The van der Waals surface area contributed by atoms with E-state index in [0.29, 0.717) is 19.1 Å². The highest BCUT2D eigenvalue weighted by atomic mass is 16.5. The molecule has 3 rings (SSSR count). The lowest BCUT2D eigenvalue weighted by Gasteiger charge is -2.32. The Hall–Kier alpha value is -2.70. The van der Waals surface area contributed by atoms with Gasteiger partial charge in [0, 0.05) is 32.2 Å². The van der Waals surface area contributed by atoms with Crippen molar-refractivity contribution in [3.05, 3.63) is 52.2 Å². The Bertz CT molecular complexity index is 801. The van der Waals surface area contributed by atoms with Crippen LogP contribution in [0.2, 0.25) is 0 Å². The fourth-order valence-corrected chi connectivity index (χ4v) is 2.88. The van der Waals surface area contributed by atoms with Crippen LogP contribution in [0.5, 0.6) is 6.01 Å². The average molecular weight is 342 g/mol. The number of rotatable bonds is 4. The number of hydrogen-bond acceptors (Lipinski definition) is 5. The van der Waals surface area contributed by atoms with Crippen LogP contribution in [0.25, 0.3) is 0 Å². The summed E-state index contributed by atoms with van der Waals surface area (Å²) < 4.78 is 7.24. The van der Waals surface area contributed by atoms with Crippen molar-refractivity contribution in [2.24, 2.45) is 7.05 Å². The van der Waals surface area contributed by atoms with Gasteiger partial charge in [-0.1, -0.05) is 6.92 Å². The number of amides is 1. The molecule has 0 spiro atoms. The molecule has 2 aromatic rings. The zero-order chi connectivity index (χ0) is 17.8. The molecule has 0 radical (unpaired) electrons. The first-order valence-electron chi connectivity index (χ1n) is 8.51. The molecule has 132 valence electrons. The van der Waals surface area contributed by atoms with E-state index in [1.54, 1.807) is 42.7 Å². The number of likely N-dealkylation sites (tertiary alicyclic amines) is 1. The highest BCUT2D eigenvalue weighted by Gasteiger charge is 2.27. The number of piperidine rings is 1. The van der Waals surface area contributed by atoms with Crippen molar-refractivity contribution in [3.63, 3.8) is 0 Å². The molecule has 7 heteroatoms. The normalized spacial score (nSPS) is 17.4. The molecule has 3 heterocycles. The molecule has 1 saturated heterocycles. The summed E-state index contributed by atoms with van der Waals surface area (Å²) in [7, 11) is 1.64. The summed E-state index contributed by atoms with van der Waals surface area (Å²) in [6.07, 6.45) is 7.49. The third kappa shape index (κ3) is 3.87. The molecule has 1 unspecified atom stereocenters. The monoisotopic (exact) mass is 342 g/mol. The first-order valence-corrected chi connectivity index (χ1v) is 8.51. The number of carbonyl (C=O) groups is 1. The van der Waals surface area contributed by atoms with Crippen molar-refractivity contribution in [2.45, 2.75) is 32.3 Å². The van der Waals surface area contributed by atoms with Crippen LogP contribution in [0.15, 0.2) is 35.5 Å². The average Bonchev–Trinajstić information content (AvgIpc) is 2.64. The van der Waals surface area contributed by atoms with Crippen LogP contribution < -0.4 is 10.3 Å². The van der Waals surface area contributed by atoms with Gasteiger partial charge in [-0.3, -0.25) is 9.59 Å². The van der Waals surface area contributed by atoms with Crippen LogP contribution in [0.1, 0.15) is 35.7 Å². The van der Waals surface area contributed by atoms with E-state index in [1.807, 2.05) is 6.92 Å². The summed E-state index contributed by atoms with van der Waals surface area (Å²) in [5.41, 5.74) is 0.955. The maximum Gasteiger partial charge on any atom is 0.316 e. The zero-order valence-electron chi connectivity index (χ0n) is 14.5. The van der Waals surface area contributed by atoms with Crippen LogP contribution in [0, 0.1) is 0 Å². The molecule has 1 fully saturated rings. The highest BCUT2D eigenvalue weighted by molar-refractivity contribution is 5.93. The van der Waals surface area contributed by atoms with Gasteiger partial charge in [0.1, 0.15) is 11.7 Å². The molecule has 0 aromatic carbocycles. The quantitative estimate of drug-likeness (QED) is 0.840. The zero-order valence-corrected chi connectivity index (χ0v) is 14.5. The number of carbonyl (C=O) groups excluding carboxylic acids is 1. The van der Waals surface area contributed by atoms with Gasteiger partial charge >= 0.3 is 6.01 Å². The maximum atomic E-state index is 12.7. The molecule has 1 aliphatic rings. The van der Waals surface area contributed by atoms with Gasteiger partial charge in [0.25, 0.3) is 11.5 Å². The van der Waals surface area contributed by atoms with Crippen LogP contribution in [-0.2, 0) is 13.5 Å². The number of pyridine rings is 1. The van der Waals surface area contributed by atoms with Crippen molar-refractivity contribution >= 4 is 5.91 Å². The van der Waals surface area contributed by atoms with E-state index in [2.05, 4.69) is 9.97 Å². The number of aromatic nitrogens is 3. The van der Waals surface area contributed by atoms with Crippen molar-refractivity contribution in [2.75, 3.05) is 13.1 Å². The Kier molecular flexibility index (Phi) is 5.11. The largest absolute Gasteiger partial charge is 0.458 e. The second-order valence-corrected chi connectivity index (χ2v) is 6.20. The summed E-state index contributed by atoms with van der Waals surface area (Å²) in [5.74, 6) is -0.253. The minimum absolute atomic E-state index is 0.169. The highest BCUT2D eigenvalue weighted by Crippen LogP contribution is 2.17. The Balaban J connectivity index is 1.69.